The lowest BCUT2D eigenvalue weighted by atomic mass is 9.76. The van der Waals surface area contributed by atoms with Crippen LogP contribution >= 0.6 is 0 Å². The maximum Gasteiger partial charge on any atom is 0.123 e. The molecule has 24 heavy (non-hydrogen) atoms. The molecule has 2 aromatic carbocycles. The number of halogens is 1. The third-order valence-electron chi connectivity index (χ3n) is 4.40. The fourth-order valence-corrected chi connectivity index (χ4v) is 3.22. The minimum absolute atomic E-state index is 0.103. The van der Waals surface area contributed by atoms with Crippen LogP contribution in [0.2, 0.25) is 0 Å². The molecule has 0 aliphatic carbocycles. The molecule has 0 spiro atoms. The average Bonchev–Trinajstić information content (AvgIpc) is 2.54. The van der Waals surface area contributed by atoms with Crippen molar-refractivity contribution < 1.29 is 9.50 Å². The second-order valence-corrected chi connectivity index (χ2v) is 6.68. The summed E-state index contributed by atoms with van der Waals surface area (Å²) in [5.74, 6) is -0.440. The molecule has 1 N–H and O–H groups in total. The summed E-state index contributed by atoms with van der Waals surface area (Å²) in [7, 11) is 3.94. The number of hydrogen-bond donors (Lipinski definition) is 1. The van der Waals surface area contributed by atoms with E-state index in [0.717, 1.165) is 11.1 Å². The maximum absolute atomic E-state index is 13.8. The van der Waals surface area contributed by atoms with Crippen LogP contribution in [0.3, 0.4) is 0 Å². The smallest absolute Gasteiger partial charge is 0.123 e. The van der Waals surface area contributed by atoms with Crippen LogP contribution < -0.4 is 0 Å². The van der Waals surface area contributed by atoms with E-state index in [1.807, 2.05) is 69.3 Å². The molecule has 0 saturated heterocycles. The summed E-state index contributed by atoms with van der Waals surface area (Å²) in [6.45, 7) is 4.59. The normalized spacial score (nSPS) is 16.0. The van der Waals surface area contributed by atoms with E-state index >= 15 is 0 Å². The SMILES string of the molecule is C/C(=C\c1ccccc1)C(O)(c1cccc(F)c1)C(C)CN(C)C. The zero-order valence-corrected chi connectivity index (χ0v) is 14.8. The molecule has 3 heteroatoms. The van der Waals surface area contributed by atoms with Crippen molar-refractivity contribution in [3.05, 3.63) is 77.1 Å². The Bertz CT molecular complexity index is 696. The molecule has 0 aliphatic heterocycles. The molecule has 2 rings (SSSR count). The first-order valence-corrected chi connectivity index (χ1v) is 8.21. The van der Waals surface area contributed by atoms with Crippen LogP contribution in [0.1, 0.15) is 25.0 Å². The minimum Gasteiger partial charge on any atom is -0.380 e. The van der Waals surface area contributed by atoms with Crippen molar-refractivity contribution in [2.24, 2.45) is 5.92 Å². The molecule has 0 heterocycles. The average molecular weight is 327 g/mol. The van der Waals surface area contributed by atoms with Gasteiger partial charge in [0.2, 0.25) is 0 Å². The largest absolute Gasteiger partial charge is 0.380 e. The zero-order chi connectivity index (χ0) is 17.7. The summed E-state index contributed by atoms with van der Waals surface area (Å²) in [6, 6.07) is 16.1. The molecule has 2 nitrogen and oxygen atoms in total. The minimum atomic E-state index is -1.23. The van der Waals surface area contributed by atoms with Crippen molar-refractivity contribution in [1.29, 1.82) is 0 Å². The first kappa shape index (κ1) is 18.4. The van der Waals surface area contributed by atoms with Crippen molar-refractivity contribution in [3.63, 3.8) is 0 Å². The molecule has 128 valence electrons. The van der Waals surface area contributed by atoms with Gasteiger partial charge in [0.1, 0.15) is 11.4 Å². The van der Waals surface area contributed by atoms with E-state index in [2.05, 4.69) is 0 Å². The molecular weight excluding hydrogens is 301 g/mol. The Morgan fingerprint density at radius 2 is 1.83 bits per heavy atom. The fourth-order valence-electron chi connectivity index (χ4n) is 3.22. The molecule has 2 atom stereocenters. The van der Waals surface area contributed by atoms with Crippen LogP contribution in [0.15, 0.2) is 60.2 Å². The van der Waals surface area contributed by atoms with Gasteiger partial charge in [0.05, 0.1) is 0 Å². The van der Waals surface area contributed by atoms with Gasteiger partial charge in [-0.2, -0.15) is 0 Å². The summed E-state index contributed by atoms with van der Waals surface area (Å²) in [5.41, 5.74) is 1.17. The van der Waals surface area contributed by atoms with E-state index in [1.165, 1.54) is 12.1 Å². The summed E-state index contributed by atoms with van der Waals surface area (Å²) < 4.78 is 13.8. The predicted octanol–water partition coefficient (Wildman–Crippen LogP) is 4.31. The van der Waals surface area contributed by atoms with Crippen LogP contribution in [0.5, 0.6) is 0 Å². The van der Waals surface area contributed by atoms with Crippen molar-refractivity contribution >= 4 is 6.08 Å². The molecule has 0 fully saturated rings. The third-order valence-corrected chi connectivity index (χ3v) is 4.40. The lowest BCUT2D eigenvalue weighted by molar-refractivity contribution is 0.0103. The summed E-state index contributed by atoms with van der Waals surface area (Å²) in [4.78, 5) is 2.03. The quantitative estimate of drug-likeness (QED) is 0.854. The van der Waals surface area contributed by atoms with Gasteiger partial charge < -0.3 is 10.0 Å². The highest BCUT2D eigenvalue weighted by atomic mass is 19.1. The Balaban J connectivity index is 2.52. The topological polar surface area (TPSA) is 23.5 Å². The van der Waals surface area contributed by atoms with Crippen molar-refractivity contribution in [1.82, 2.24) is 4.90 Å². The highest BCUT2D eigenvalue weighted by Gasteiger charge is 2.37. The van der Waals surface area contributed by atoms with Gasteiger partial charge in [-0.15, -0.1) is 0 Å². The van der Waals surface area contributed by atoms with Gasteiger partial charge in [-0.1, -0.05) is 55.5 Å². The van der Waals surface area contributed by atoms with E-state index in [4.69, 9.17) is 0 Å². The highest BCUT2D eigenvalue weighted by Crippen LogP contribution is 2.38. The molecular formula is C21H26FNO. The van der Waals surface area contributed by atoms with Gasteiger partial charge in [-0.05, 0) is 49.9 Å². The first-order valence-electron chi connectivity index (χ1n) is 8.21. The van der Waals surface area contributed by atoms with Gasteiger partial charge in [0, 0.05) is 12.5 Å². The van der Waals surface area contributed by atoms with Crippen molar-refractivity contribution in [2.45, 2.75) is 19.4 Å². The van der Waals surface area contributed by atoms with Gasteiger partial charge in [0.15, 0.2) is 0 Å². The van der Waals surface area contributed by atoms with Crippen LogP contribution in [0.25, 0.3) is 6.08 Å². The van der Waals surface area contributed by atoms with Crippen LogP contribution in [0, 0.1) is 11.7 Å². The molecule has 0 saturated carbocycles. The van der Waals surface area contributed by atoms with E-state index < -0.39 is 5.60 Å². The maximum atomic E-state index is 13.8. The highest BCUT2D eigenvalue weighted by molar-refractivity contribution is 5.56. The Labute approximate surface area is 144 Å². The Kier molecular flexibility index (Phi) is 5.92. The van der Waals surface area contributed by atoms with Gasteiger partial charge in [0.25, 0.3) is 0 Å². The fraction of sp³-hybridized carbons (Fsp3) is 0.333. The molecule has 0 bridgehead atoms. The van der Waals surface area contributed by atoms with E-state index in [9.17, 15) is 9.50 Å². The van der Waals surface area contributed by atoms with Crippen LogP contribution in [-0.2, 0) is 5.60 Å². The first-order chi connectivity index (χ1) is 11.3. The third kappa shape index (κ3) is 4.11. The second kappa shape index (κ2) is 7.73. The standard InChI is InChI=1S/C21H26FNO/c1-16(13-18-9-6-5-7-10-18)21(24,17(2)15-23(3)4)19-11-8-12-20(22)14-19/h5-14,17,24H,15H2,1-4H3/b16-13+. The lowest BCUT2D eigenvalue weighted by Crippen LogP contribution is -2.40. The summed E-state index contributed by atoms with van der Waals surface area (Å²) in [6.07, 6.45) is 1.97. The van der Waals surface area contributed by atoms with Crippen LogP contribution in [0.4, 0.5) is 4.39 Å². The summed E-state index contributed by atoms with van der Waals surface area (Å²) in [5, 5.41) is 11.6. The van der Waals surface area contributed by atoms with Gasteiger partial charge >= 0.3 is 0 Å². The number of rotatable bonds is 6. The number of aliphatic hydroxyl groups is 1. The second-order valence-electron chi connectivity index (χ2n) is 6.68. The van der Waals surface area contributed by atoms with Crippen LogP contribution in [-0.4, -0.2) is 30.6 Å². The van der Waals surface area contributed by atoms with Gasteiger partial charge in [-0.25, -0.2) is 4.39 Å². The van der Waals surface area contributed by atoms with E-state index in [1.54, 1.807) is 12.1 Å². The Morgan fingerprint density at radius 1 is 1.17 bits per heavy atom. The lowest BCUT2D eigenvalue weighted by Gasteiger charge is -2.37. The zero-order valence-electron chi connectivity index (χ0n) is 14.8. The number of nitrogens with zero attached hydrogens (tertiary/aromatic N) is 1. The van der Waals surface area contributed by atoms with Crippen molar-refractivity contribution in [2.75, 3.05) is 20.6 Å². The predicted molar refractivity (Wildman–Crippen MR) is 98.1 cm³/mol. The van der Waals surface area contributed by atoms with E-state index in [-0.39, 0.29) is 11.7 Å². The monoisotopic (exact) mass is 327 g/mol. The molecule has 0 radical (unpaired) electrons. The number of hydrogen-bond acceptors (Lipinski definition) is 2. The molecule has 0 aromatic heterocycles. The summed E-state index contributed by atoms with van der Waals surface area (Å²) >= 11 is 0. The van der Waals surface area contributed by atoms with Gasteiger partial charge in [-0.3, -0.25) is 0 Å². The molecule has 0 amide bonds. The molecule has 2 unspecified atom stereocenters. The molecule has 2 aromatic rings. The van der Waals surface area contributed by atoms with Crippen molar-refractivity contribution in [3.8, 4) is 0 Å². The molecule has 0 aliphatic rings. The Hall–Kier alpha value is -1.97. The number of benzene rings is 2. The Morgan fingerprint density at radius 3 is 2.42 bits per heavy atom. The van der Waals surface area contributed by atoms with E-state index in [0.29, 0.717) is 12.1 Å².